The highest BCUT2D eigenvalue weighted by Crippen LogP contribution is 1.81. The first-order valence-corrected chi connectivity index (χ1v) is 2.27. The second-order valence-corrected chi connectivity index (χ2v) is 1.23. The summed E-state index contributed by atoms with van der Waals surface area (Å²) in [4.78, 5) is 19.2. The Labute approximate surface area is 52.3 Å². The summed E-state index contributed by atoms with van der Waals surface area (Å²) in [6, 6.07) is 0. The van der Waals surface area contributed by atoms with Gasteiger partial charge < -0.3 is 5.11 Å². The normalized spacial score (nSPS) is 11.8. The van der Waals surface area contributed by atoms with E-state index in [1.54, 1.807) is 0 Å². The lowest BCUT2D eigenvalue weighted by atomic mass is 10.4. The molecule has 0 aromatic carbocycles. The van der Waals surface area contributed by atoms with Crippen LogP contribution < -0.4 is 0 Å². The van der Waals surface area contributed by atoms with E-state index in [4.69, 9.17) is 5.11 Å². The zero-order chi connectivity index (χ0) is 7.11. The van der Waals surface area contributed by atoms with Gasteiger partial charge in [0, 0.05) is 0 Å². The fraction of sp³-hybridized carbons (Fsp3) is 0. The summed E-state index contributed by atoms with van der Waals surface area (Å²) in [5.41, 5.74) is 0. The van der Waals surface area contributed by atoms with Gasteiger partial charge in [0.2, 0.25) is 0 Å². The molecule has 0 aliphatic heterocycles. The fourth-order valence-electron chi connectivity index (χ4n) is 0.239. The van der Waals surface area contributed by atoms with Gasteiger partial charge in [-0.3, -0.25) is 9.59 Å². The minimum Gasteiger partial charge on any atom is -0.505 e. The van der Waals surface area contributed by atoms with Gasteiger partial charge in [0.25, 0.3) is 0 Å². The Hall–Kier alpha value is -1.38. The van der Waals surface area contributed by atoms with Crippen LogP contribution in [0.5, 0.6) is 0 Å². The molecule has 0 aromatic heterocycles. The second kappa shape index (κ2) is 4.77. The maximum absolute atomic E-state index is 9.66. The fourth-order valence-corrected chi connectivity index (χ4v) is 0.239. The molecular weight excluding hydrogens is 120 g/mol. The van der Waals surface area contributed by atoms with Gasteiger partial charge in [-0.05, 0) is 12.2 Å². The molecule has 3 heteroatoms. The minimum atomic E-state index is -0.395. The third-order valence-electron chi connectivity index (χ3n) is 0.577. The number of aldehydes is 2. The van der Waals surface area contributed by atoms with Gasteiger partial charge in [-0.2, -0.15) is 0 Å². The van der Waals surface area contributed by atoms with Gasteiger partial charge >= 0.3 is 0 Å². The summed E-state index contributed by atoms with van der Waals surface area (Å²) in [5.74, 6) is -0.395. The van der Waals surface area contributed by atoms with Crippen LogP contribution in [0.3, 0.4) is 0 Å². The molecule has 0 spiro atoms. The Bertz CT molecular complexity index is 156. The SMILES string of the molecule is O=CC=CC=C(O)C=O. The Kier molecular flexibility index (Phi) is 4.04. The molecule has 0 unspecified atom stereocenters. The molecule has 0 aliphatic carbocycles. The molecule has 48 valence electrons. The van der Waals surface area contributed by atoms with Gasteiger partial charge in [0.05, 0.1) is 0 Å². The predicted molar refractivity (Wildman–Crippen MR) is 32.0 cm³/mol. The second-order valence-electron chi connectivity index (χ2n) is 1.23. The van der Waals surface area contributed by atoms with Crippen molar-refractivity contribution in [2.24, 2.45) is 0 Å². The zero-order valence-corrected chi connectivity index (χ0v) is 4.65. The van der Waals surface area contributed by atoms with Crippen molar-refractivity contribution in [2.75, 3.05) is 0 Å². The van der Waals surface area contributed by atoms with Crippen LogP contribution in [-0.4, -0.2) is 17.7 Å². The molecular formula is C6H6O3. The minimum absolute atomic E-state index is 0.287. The van der Waals surface area contributed by atoms with Crippen LogP contribution in [0.2, 0.25) is 0 Å². The molecule has 0 amide bonds. The van der Waals surface area contributed by atoms with E-state index in [0.717, 1.165) is 6.08 Å². The van der Waals surface area contributed by atoms with Crippen LogP contribution in [0.25, 0.3) is 0 Å². The Morgan fingerprint density at radius 2 is 1.89 bits per heavy atom. The van der Waals surface area contributed by atoms with Crippen molar-refractivity contribution in [3.05, 3.63) is 24.0 Å². The molecule has 0 aliphatic rings. The van der Waals surface area contributed by atoms with E-state index in [9.17, 15) is 9.59 Å². The van der Waals surface area contributed by atoms with Crippen LogP contribution >= 0.6 is 0 Å². The predicted octanol–water partition coefficient (Wildman–Crippen LogP) is 0.382. The van der Waals surface area contributed by atoms with Crippen molar-refractivity contribution >= 4 is 12.6 Å². The van der Waals surface area contributed by atoms with Gasteiger partial charge in [-0.1, -0.05) is 6.08 Å². The lowest BCUT2D eigenvalue weighted by Gasteiger charge is -1.77. The molecule has 0 heterocycles. The number of aliphatic hydroxyl groups is 1. The number of aliphatic hydroxyl groups excluding tert-OH is 1. The van der Waals surface area contributed by atoms with Crippen LogP contribution in [-0.2, 0) is 9.59 Å². The number of carbonyl (C=O) groups is 2. The third-order valence-corrected chi connectivity index (χ3v) is 0.577. The van der Waals surface area contributed by atoms with Crippen molar-refractivity contribution in [3.63, 3.8) is 0 Å². The van der Waals surface area contributed by atoms with Crippen molar-refractivity contribution in [1.29, 1.82) is 0 Å². The first kappa shape index (κ1) is 7.62. The molecule has 0 fully saturated rings. The van der Waals surface area contributed by atoms with E-state index in [1.165, 1.54) is 12.2 Å². The van der Waals surface area contributed by atoms with Crippen LogP contribution in [0.4, 0.5) is 0 Å². The quantitative estimate of drug-likeness (QED) is 0.257. The Morgan fingerprint density at radius 3 is 2.33 bits per heavy atom. The molecule has 1 N–H and O–H groups in total. The smallest absolute Gasteiger partial charge is 0.184 e. The van der Waals surface area contributed by atoms with Gasteiger partial charge in [-0.15, -0.1) is 0 Å². The highest BCUT2D eigenvalue weighted by molar-refractivity contribution is 5.71. The Morgan fingerprint density at radius 1 is 1.22 bits per heavy atom. The lowest BCUT2D eigenvalue weighted by molar-refractivity contribution is -0.107. The van der Waals surface area contributed by atoms with Gasteiger partial charge in [0.1, 0.15) is 6.29 Å². The van der Waals surface area contributed by atoms with Crippen molar-refractivity contribution < 1.29 is 14.7 Å². The van der Waals surface area contributed by atoms with Crippen LogP contribution in [0.1, 0.15) is 0 Å². The standard InChI is InChI=1S/C6H6O3/c7-4-2-1-3-6(9)5-8/h1-5,9H. The number of rotatable bonds is 3. The van der Waals surface area contributed by atoms with E-state index in [0.29, 0.717) is 6.29 Å². The summed E-state index contributed by atoms with van der Waals surface area (Å²) in [6.45, 7) is 0. The molecule has 0 radical (unpaired) electrons. The van der Waals surface area contributed by atoms with Crippen molar-refractivity contribution in [1.82, 2.24) is 0 Å². The third kappa shape index (κ3) is 4.47. The summed E-state index contributed by atoms with van der Waals surface area (Å²) in [5, 5.41) is 8.41. The monoisotopic (exact) mass is 126 g/mol. The van der Waals surface area contributed by atoms with E-state index >= 15 is 0 Å². The van der Waals surface area contributed by atoms with Gasteiger partial charge in [-0.25, -0.2) is 0 Å². The first-order chi connectivity index (χ1) is 4.31. The number of carbonyl (C=O) groups excluding carboxylic acids is 2. The summed E-state index contributed by atoms with van der Waals surface area (Å²) in [7, 11) is 0. The van der Waals surface area contributed by atoms with Crippen LogP contribution in [0.15, 0.2) is 24.0 Å². The molecule has 3 nitrogen and oxygen atoms in total. The maximum atomic E-state index is 9.66. The highest BCUT2D eigenvalue weighted by Gasteiger charge is 1.79. The average molecular weight is 126 g/mol. The van der Waals surface area contributed by atoms with Crippen molar-refractivity contribution in [2.45, 2.75) is 0 Å². The van der Waals surface area contributed by atoms with E-state index in [2.05, 4.69) is 0 Å². The first-order valence-electron chi connectivity index (χ1n) is 2.27. The number of hydrogen-bond donors (Lipinski definition) is 1. The zero-order valence-electron chi connectivity index (χ0n) is 4.65. The molecule has 9 heavy (non-hydrogen) atoms. The maximum Gasteiger partial charge on any atom is 0.184 e. The number of hydrogen-bond acceptors (Lipinski definition) is 3. The summed E-state index contributed by atoms with van der Waals surface area (Å²) in [6.07, 6.45) is 4.40. The molecule has 0 saturated carbocycles. The van der Waals surface area contributed by atoms with E-state index in [-0.39, 0.29) is 6.29 Å². The molecule has 0 bridgehead atoms. The summed E-state index contributed by atoms with van der Waals surface area (Å²) < 4.78 is 0. The molecule has 0 atom stereocenters. The van der Waals surface area contributed by atoms with Gasteiger partial charge in [0.15, 0.2) is 12.0 Å². The van der Waals surface area contributed by atoms with E-state index < -0.39 is 5.76 Å². The van der Waals surface area contributed by atoms with E-state index in [1.807, 2.05) is 0 Å². The largest absolute Gasteiger partial charge is 0.505 e. The lowest BCUT2D eigenvalue weighted by Crippen LogP contribution is -1.77. The molecule has 0 saturated heterocycles. The van der Waals surface area contributed by atoms with Crippen molar-refractivity contribution in [3.8, 4) is 0 Å². The summed E-state index contributed by atoms with van der Waals surface area (Å²) >= 11 is 0. The average Bonchev–Trinajstić information content (AvgIpc) is 1.89. The highest BCUT2D eigenvalue weighted by atomic mass is 16.3. The molecule has 0 rings (SSSR count). The Balaban J connectivity index is 3.81. The van der Waals surface area contributed by atoms with Crippen LogP contribution in [0, 0.1) is 0 Å². The number of allylic oxidation sites excluding steroid dienone is 4. The topological polar surface area (TPSA) is 54.4 Å². The molecule has 0 aromatic rings.